The van der Waals surface area contributed by atoms with Crippen LogP contribution in [-0.4, -0.2) is 36.2 Å². The van der Waals surface area contributed by atoms with Crippen LogP contribution in [-0.2, 0) is 4.74 Å². The maximum atomic E-state index is 12.1. The van der Waals surface area contributed by atoms with Gasteiger partial charge < -0.3 is 15.0 Å². The van der Waals surface area contributed by atoms with Gasteiger partial charge >= 0.3 is 6.09 Å². The van der Waals surface area contributed by atoms with E-state index in [-0.39, 0.29) is 12.1 Å². The van der Waals surface area contributed by atoms with Gasteiger partial charge in [-0.2, -0.15) is 0 Å². The first-order valence-corrected chi connectivity index (χ1v) is 8.51. The molecule has 0 aliphatic heterocycles. The Labute approximate surface area is 141 Å². The molecule has 0 aliphatic carbocycles. The molecule has 1 amide bonds. The molecule has 1 unspecified atom stereocenters. The Morgan fingerprint density at radius 1 is 1.22 bits per heavy atom. The van der Waals surface area contributed by atoms with E-state index in [9.17, 15) is 4.79 Å². The van der Waals surface area contributed by atoms with Gasteiger partial charge in [0.25, 0.3) is 0 Å². The number of amides is 1. The van der Waals surface area contributed by atoms with Gasteiger partial charge in [0.05, 0.1) is 0 Å². The SMILES string of the molecule is CCN(CCNC(c1ccccc1)C(C)C)C(=O)OC(C)(C)C. The minimum absolute atomic E-state index is 0.248. The third-order valence-corrected chi connectivity index (χ3v) is 3.60. The smallest absolute Gasteiger partial charge is 0.410 e. The molecule has 0 aromatic heterocycles. The summed E-state index contributed by atoms with van der Waals surface area (Å²) in [4.78, 5) is 13.9. The Morgan fingerprint density at radius 3 is 2.30 bits per heavy atom. The van der Waals surface area contributed by atoms with Crippen LogP contribution in [0.25, 0.3) is 0 Å². The van der Waals surface area contributed by atoms with Crippen LogP contribution in [0.2, 0.25) is 0 Å². The molecule has 0 spiro atoms. The van der Waals surface area contributed by atoms with Crippen molar-refractivity contribution in [1.82, 2.24) is 10.2 Å². The molecule has 0 saturated carbocycles. The number of ether oxygens (including phenoxy) is 1. The van der Waals surface area contributed by atoms with E-state index in [0.29, 0.717) is 19.0 Å². The van der Waals surface area contributed by atoms with Gasteiger partial charge in [0.15, 0.2) is 0 Å². The molecule has 23 heavy (non-hydrogen) atoms. The minimum atomic E-state index is -0.456. The highest BCUT2D eigenvalue weighted by atomic mass is 16.6. The Kier molecular flexibility index (Phi) is 7.56. The van der Waals surface area contributed by atoms with E-state index in [1.807, 2.05) is 33.8 Å². The van der Waals surface area contributed by atoms with E-state index < -0.39 is 5.60 Å². The molecule has 0 heterocycles. The quantitative estimate of drug-likeness (QED) is 0.817. The normalized spacial score (nSPS) is 13.0. The van der Waals surface area contributed by atoms with Gasteiger partial charge in [-0.1, -0.05) is 44.2 Å². The summed E-state index contributed by atoms with van der Waals surface area (Å²) in [6, 6.07) is 10.7. The summed E-state index contributed by atoms with van der Waals surface area (Å²) in [6.07, 6.45) is -0.248. The molecular formula is C19H32N2O2. The van der Waals surface area contributed by atoms with E-state index >= 15 is 0 Å². The van der Waals surface area contributed by atoms with Crippen LogP contribution in [0, 0.1) is 5.92 Å². The predicted molar refractivity (Wildman–Crippen MR) is 95.5 cm³/mol. The summed E-state index contributed by atoms with van der Waals surface area (Å²) in [5.74, 6) is 0.481. The standard InChI is InChI=1S/C19H32N2O2/c1-7-21(18(22)23-19(4,5)6)14-13-20-17(15(2)3)16-11-9-8-10-12-16/h8-12,15,17,20H,7,13-14H2,1-6H3. The lowest BCUT2D eigenvalue weighted by molar-refractivity contribution is 0.0260. The van der Waals surface area contributed by atoms with Crippen LogP contribution < -0.4 is 5.32 Å². The maximum absolute atomic E-state index is 12.1. The highest BCUT2D eigenvalue weighted by Gasteiger charge is 2.21. The molecule has 1 atom stereocenters. The highest BCUT2D eigenvalue weighted by Crippen LogP contribution is 2.21. The fourth-order valence-electron chi connectivity index (χ4n) is 2.46. The van der Waals surface area contributed by atoms with Gasteiger partial charge in [0.1, 0.15) is 5.60 Å². The number of hydrogen-bond donors (Lipinski definition) is 1. The van der Waals surface area contributed by atoms with E-state index in [0.717, 1.165) is 6.54 Å². The third-order valence-electron chi connectivity index (χ3n) is 3.60. The maximum Gasteiger partial charge on any atom is 0.410 e. The second-order valence-corrected chi connectivity index (χ2v) is 7.15. The summed E-state index contributed by atoms with van der Waals surface area (Å²) >= 11 is 0. The first kappa shape index (κ1) is 19.5. The van der Waals surface area contributed by atoms with Crippen molar-refractivity contribution in [3.05, 3.63) is 35.9 Å². The van der Waals surface area contributed by atoms with Crippen molar-refractivity contribution >= 4 is 6.09 Å². The average Bonchev–Trinajstić information content (AvgIpc) is 2.46. The van der Waals surface area contributed by atoms with Crippen LogP contribution in [0.15, 0.2) is 30.3 Å². The molecule has 4 nitrogen and oxygen atoms in total. The summed E-state index contributed by atoms with van der Waals surface area (Å²) in [6.45, 7) is 14.1. The molecule has 1 rings (SSSR count). The fraction of sp³-hybridized carbons (Fsp3) is 0.632. The highest BCUT2D eigenvalue weighted by molar-refractivity contribution is 5.68. The Balaban J connectivity index is 2.56. The fourth-order valence-corrected chi connectivity index (χ4v) is 2.46. The minimum Gasteiger partial charge on any atom is -0.444 e. The molecule has 4 heteroatoms. The summed E-state index contributed by atoms with van der Waals surface area (Å²) in [5.41, 5.74) is 0.824. The summed E-state index contributed by atoms with van der Waals surface area (Å²) < 4.78 is 5.44. The van der Waals surface area contributed by atoms with Crippen molar-refractivity contribution in [3.8, 4) is 0 Å². The van der Waals surface area contributed by atoms with Crippen molar-refractivity contribution in [2.24, 2.45) is 5.92 Å². The lowest BCUT2D eigenvalue weighted by Gasteiger charge is -2.28. The molecule has 0 saturated heterocycles. The Morgan fingerprint density at radius 2 is 1.83 bits per heavy atom. The number of carbonyl (C=O) groups excluding carboxylic acids is 1. The number of benzene rings is 1. The molecular weight excluding hydrogens is 288 g/mol. The zero-order valence-corrected chi connectivity index (χ0v) is 15.4. The van der Waals surface area contributed by atoms with Crippen LogP contribution >= 0.6 is 0 Å². The molecule has 1 aromatic carbocycles. The van der Waals surface area contributed by atoms with Gasteiger partial charge in [-0.15, -0.1) is 0 Å². The lowest BCUT2D eigenvalue weighted by atomic mass is 9.96. The van der Waals surface area contributed by atoms with Gasteiger partial charge in [0, 0.05) is 25.7 Å². The first-order chi connectivity index (χ1) is 10.7. The first-order valence-electron chi connectivity index (χ1n) is 8.51. The number of likely N-dealkylation sites (N-methyl/N-ethyl adjacent to an activating group) is 1. The Hall–Kier alpha value is -1.55. The molecule has 0 aliphatic rings. The molecule has 130 valence electrons. The molecule has 0 radical (unpaired) electrons. The molecule has 1 N–H and O–H groups in total. The summed E-state index contributed by atoms with van der Waals surface area (Å²) in [5, 5.41) is 3.57. The van der Waals surface area contributed by atoms with E-state index in [1.54, 1.807) is 4.90 Å². The summed E-state index contributed by atoms with van der Waals surface area (Å²) in [7, 11) is 0. The van der Waals surface area contributed by atoms with Gasteiger partial charge in [-0.3, -0.25) is 0 Å². The van der Waals surface area contributed by atoms with Crippen molar-refractivity contribution in [2.45, 2.75) is 53.2 Å². The van der Waals surface area contributed by atoms with Crippen molar-refractivity contribution in [1.29, 1.82) is 0 Å². The monoisotopic (exact) mass is 320 g/mol. The number of carbonyl (C=O) groups is 1. The zero-order valence-electron chi connectivity index (χ0n) is 15.4. The zero-order chi connectivity index (χ0) is 17.5. The van der Waals surface area contributed by atoms with Crippen molar-refractivity contribution < 1.29 is 9.53 Å². The van der Waals surface area contributed by atoms with E-state index in [4.69, 9.17) is 4.74 Å². The van der Waals surface area contributed by atoms with Gasteiger partial charge in [-0.25, -0.2) is 4.79 Å². The van der Waals surface area contributed by atoms with Crippen LogP contribution in [0.5, 0.6) is 0 Å². The number of rotatable bonds is 7. The van der Waals surface area contributed by atoms with Crippen molar-refractivity contribution in [2.75, 3.05) is 19.6 Å². The average molecular weight is 320 g/mol. The van der Waals surface area contributed by atoms with Crippen LogP contribution in [0.4, 0.5) is 4.79 Å². The van der Waals surface area contributed by atoms with Crippen LogP contribution in [0.3, 0.4) is 0 Å². The van der Waals surface area contributed by atoms with Crippen LogP contribution in [0.1, 0.15) is 53.1 Å². The second kappa shape index (κ2) is 8.92. The number of nitrogens with zero attached hydrogens (tertiary/aromatic N) is 1. The van der Waals surface area contributed by atoms with Gasteiger partial charge in [0.2, 0.25) is 0 Å². The number of nitrogens with one attached hydrogen (secondary N) is 1. The largest absolute Gasteiger partial charge is 0.444 e. The topological polar surface area (TPSA) is 41.6 Å². The molecule has 0 fully saturated rings. The van der Waals surface area contributed by atoms with Gasteiger partial charge in [-0.05, 0) is 39.2 Å². The molecule has 1 aromatic rings. The predicted octanol–water partition coefficient (Wildman–Crippen LogP) is 4.23. The lowest BCUT2D eigenvalue weighted by Crippen LogP contribution is -2.41. The second-order valence-electron chi connectivity index (χ2n) is 7.15. The third kappa shape index (κ3) is 7.04. The van der Waals surface area contributed by atoms with Crippen molar-refractivity contribution in [3.63, 3.8) is 0 Å². The Bertz CT molecular complexity index is 466. The van der Waals surface area contributed by atoms with E-state index in [2.05, 4.69) is 43.4 Å². The number of hydrogen-bond acceptors (Lipinski definition) is 3. The molecule has 0 bridgehead atoms. The van der Waals surface area contributed by atoms with E-state index in [1.165, 1.54) is 5.56 Å².